The zero-order chi connectivity index (χ0) is 20.8. The molecule has 2 fully saturated rings. The van der Waals surface area contributed by atoms with Gasteiger partial charge >= 0.3 is 12.3 Å². The van der Waals surface area contributed by atoms with Gasteiger partial charge in [0.2, 0.25) is 12.0 Å². The first-order valence-electron chi connectivity index (χ1n) is 9.01. The maximum Gasteiger partial charge on any atom is 0.427 e. The van der Waals surface area contributed by atoms with Crippen LogP contribution in [0.5, 0.6) is 5.88 Å². The molecular formula is C18H19F3N4O4. The van der Waals surface area contributed by atoms with Crippen molar-refractivity contribution in [3.8, 4) is 11.6 Å². The summed E-state index contributed by atoms with van der Waals surface area (Å²) >= 11 is 0. The summed E-state index contributed by atoms with van der Waals surface area (Å²) in [6, 6.07) is 5.44. The Labute approximate surface area is 163 Å². The molecule has 0 radical (unpaired) electrons. The monoisotopic (exact) mass is 412 g/mol. The zero-order valence-corrected chi connectivity index (χ0v) is 15.4. The highest BCUT2D eigenvalue weighted by Gasteiger charge is 2.59. The van der Waals surface area contributed by atoms with Gasteiger partial charge in [0.25, 0.3) is 0 Å². The van der Waals surface area contributed by atoms with Crippen molar-refractivity contribution in [2.75, 3.05) is 26.8 Å². The van der Waals surface area contributed by atoms with Gasteiger partial charge in [-0.25, -0.2) is 14.5 Å². The number of aliphatic hydroxyl groups is 1. The van der Waals surface area contributed by atoms with E-state index in [1.165, 1.54) is 12.0 Å². The third-order valence-electron chi connectivity index (χ3n) is 5.37. The number of hydrogen-bond donors (Lipinski definition) is 1. The molecule has 1 N–H and O–H groups in total. The fourth-order valence-corrected chi connectivity index (χ4v) is 3.81. The summed E-state index contributed by atoms with van der Waals surface area (Å²) in [5, 5.41) is 13.4. The Morgan fingerprint density at radius 3 is 2.59 bits per heavy atom. The number of carbonyl (C=O) groups excluding carboxylic acids is 1. The summed E-state index contributed by atoms with van der Waals surface area (Å²) in [5.74, 6) is 0.929. The average molecular weight is 412 g/mol. The number of hydrogen-bond acceptors (Lipinski definition) is 6. The molecule has 4 atom stereocenters. The molecule has 2 aromatic heterocycles. The van der Waals surface area contributed by atoms with Crippen LogP contribution in [0.1, 0.15) is 11.6 Å². The maximum absolute atomic E-state index is 12.6. The Morgan fingerprint density at radius 2 is 2.03 bits per heavy atom. The standard InChI is InChI=1S/C18H19F3N4O4/c1-28-15-3-2-10(6-22-15)25-5-4-13(23-25)16-11-7-24(8-12(11)16)17(27)29-14(9-26)18(19,20)21/h2-6,11-12,14,16,26H,7-9H2,1H3/t11-,12+,14-,16?/m1/s1. The quantitative estimate of drug-likeness (QED) is 0.808. The van der Waals surface area contributed by atoms with E-state index in [-0.39, 0.29) is 17.8 Å². The molecule has 8 nitrogen and oxygen atoms in total. The second kappa shape index (κ2) is 7.21. The van der Waals surface area contributed by atoms with Crippen molar-refractivity contribution < 1.29 is 32.5 Å². The number of piperidine rings is 1. The summed E-state index contributed by atoms with van der Waals surface area (Å²) < 4.78 is 49.1. The van der Waals surface area contributed by atoms with Crippen LogP contribution in [-0.4, -0.2) is 70.0 Å². The first-order chi connectivity index (χ1) is 13.8. The van der Waals surface area contributed by atoms with Crippen LogP contribution in [0.25, 0.3) is 5.69 Å². The van der Waals surface area contributed by atoms with Gasteiger partial charge in [0.05, 0.1) is 31.3 Å². The van der Waals surface area contributed by atoms with Crippen molar-refractivity contribution in [2.24, 2.45) is 11.8 Å². The van der Waals surface area contributed by atoms with Crippen LogP contribution in [0, 0.1) is 11.8 Å². The summed E-state index contributed by atoms with van der Waals surface area (Å²) in [6.45, 7) is -0.682. The highest BCUT2D eigenvalue weighted by molar-refractivity contribution is 5.69. The molecule has 2 aromatic rings. The van der Waals surface area contributed by atoms with Crippen molar-refractivity contribution in [3.63, 3.8) is 0 Å². The minimum atomic E-state index is -4.79. The minimum Gasteiger partial charge on any atom is -0.481 e. The Kier molecular flexibility index (Phi) is 4.85. The zero-order valence-electron chi connectivity index (χ0n) is 15.4. The maximum atomic E-state index is 12.6. The lowest BCUT2D eigenvalue weighted by atomic mass is 10.2. The van der Waals surface area contributed by atoms with Gasteiger partial charge in [0.1, 0.15) is 0 Å². The number of nitrogens with zero attached hydrogens (tertiary/aromatic N) is 4. The van der Waals surface area contributed by atoms with E-state index in [9.17, 15) is 18.0 Å². The Morgan fingerprint density at radius 1 is 1.31 bits per heavy atom. The number of aromatic nitrogens is 3. The van der Waals surface area contributed by atoms with Gasteiger partial charge in [-0.15, -0.1) is 0 Å². The molecule has 156 valence electrons. The number of halogens is 3. The first-order valence-corrected chi connectivity index (χ1v) is 9.01. The number of carbonyl (C=O) groups is 1. The minimum absolute atomic E-state index is 0.137. The summed E-state index contributed by atoms with van der Waals surface area (Å²) in [4.78, 5) is 17.4. The molecule has 0 spiro atoms. The number of fused-ring (bicyclic) bond motifs is 1. The molecule has 0 bridgehead atoms. The smallest absolute Gasteiger partial charge is 0.427 e. The number of methoxy groups -OCH3 is 1. The van der Waals surface area contributed by atoms with Crippen LogP contribution in [0.3, 0.4) is 0 Å². The number of aliphatic hydroxyl groups excluding tert-OH is 1. The number of pyridine rings is 1. The third kappa shape index (κ3) is 3.74. The van der Waals surface area contributed by atoms with E-state index in [1.54, 1.807) is 16.9 Å². The van der Waals surface area contributed by atoms with Crippen LogP contribution >= 0.6 is 0 Å². The van der Waals surface area contributed by atoms with Gasteiger partial charge < -0.3 is 19.5 Å². The Hall–Kier alpha value is -2.82. The van der Waals surface area contributed by atoms with Gasteiger partial charge in [-0.2, -0.15) is 18.3 Å². The fraction of sp³-hybridized carbons (Fsp3) is 0.500. The molecule has 3 heterocycles. The molecule has 1 aliphatic carbocycles. The predicted molar refractivity (Wildman–Crippen MR) is 92.6 cm³/mol. The van der Waals surface area contributed by atoms with Gasteiger partial charge in [0.15, 0.2) is 0 Å². The van der Waals surface area contributed by atoms with E-state index in [2.05, 4.69) is 14.8 Å². The molecule has 1 amide bonds. The normalized spacial score (nSPS) is 24.2. The predicted octanol–water partition coefficient (Wildman–Crippen LogP) is 1.98. The number of alkyl halides is 3. The summed E-state index contributed by atoms with van der Waals surface area (Å²) in [6.07, 6.45) is -4.90. The lowest BCUT2D eigenvalue weighted by Crippen LogP contribution is -2.42. The van der Waals surface area contributed by atoms with Gasteiger partial charge in [-0.1, -0.05) is 0 Å². The van der Waals surface area contributed by atoms with Crippen LogP contribution in [-0.2, 0) is 4.74 Å². The molecule has 1 aliphatic heterocycles. The SMILES string of the molecule is COc1ccc(-n2ccc(C3[C@H]4CN(C(=O)O[C@H](CO)C(F)(F)F)C[C@@H]34)n2)cn1. The van der Waals surface area contributed by atoms with E-state index < -0.39 is 25.0 Å². The Balaban J connectivity index is 1.35. The van der Waals surface area contributed by atoms with Crippen LogP contribution < -0.4 is 4.74 Å². The second-order valence-electron chi connectivity index (χ2n) is 7.10. The first kappa shape index (κ1) is 19.5. The second-order valence-corrected chi connectivity index (χ2v) is 7.10. The van der Waals surface area contributed by atoms with Gasteiger partial charge in [-0.05, 0) is 24.0 Å². The summed E-state index contributed by atoms with van der Waals surface area (Å²) in [5.41, 5.74) is 1.64. The topological polar surface area (TPSA) is 89.7 Å². The number of ether oxygens (including phenoxy) is 2. The van der Waals surface area contributed by atoms with E-state index in [0.717, 1.165) is 11.4 Å². The van der Waals surface area contributed by atoms with Crippen LogP contribution in [0.15, 0.2) is 30.6 Å². The highest BCUT2D eigenvalue weighted by Crippen LogP contribution is 2.57. The van der Waals surface area contributed by atoms with Crippen molar-refractivity contribution >= 4 is 6.09 Å². The summed E-state index contributed by atoms with van der Waals surface area (Å²) in [7, 11) is 1.53. The van der Waals surface area contributed by atoms with E-state index in [4.69, 9.17) is 9.84 Å². The molecule has 2 aliphatic rings. The molecule has 1 saturated carbocycles. The Bertz CT molecular complexity index is 874. The van der Waals surface area contributed by atoms with Crippen LogP contribution in [0.2, 0.25) is 0 Å². The number of amides is 1. The molecule has 1 saturated heterocycles. The number of rotatable bonds is 5. The van der Waals surface area contributed by atoms with Crippen molar-refractivity contribution in [1.29, 1.82) is 0 Å². The average Bonchev–Trinajstić information content (AvgIpc) is 3.07. The van der Waals surface area contributed by atoms with Crippen molar-refractivity contribution in [2.45, 2.75) is 18.2 Å². The van der Waals surface area contributed by atoms with Crippen LogP contribution in [0.4, 0.5) is 18.0 Å². The number of likely N-dealkylation sites (tertiary alicyclic amines) is 1. The fourth-order valence-electron chi connectivity index (χ4n) is 3.81. The molecular weight excluding hydrogens is 393 g/mol. The van der Waals surface area contributed by atoms with E-state index in [0.29, 0.717) is 19.0 Å². The van der Waals surface area contributed by atoms with Gasteiger partial charge in [0, 0.05) is 31.3 Å². The van der Waals surface area contributed by atoms with E-state index in [1.807, 2.05) is 18.3 Å². The third-order valence-corrected chi connectivity index (χ3v) is 5.37. The molecule has 29 heavy (non-hydrogen) atoms. The van der Waals surface area contributed by atoms with Crippen molar-refractivity contribution in [1.82, 2.24) is 19.7 Å². The largest absolute Gasteiger partial charge is 0.481 e. The molecule has 1 unspecified atom stereocenters. The lowest BCUT2D eigenvalue weighted by Gasteiger charge is -2.24. The van der Waals surface area contributed by atoms with Crippen molar-refractivity contribution in [3.05, 3.63) is 36.3 Å². The molecule has 11 heteroatoms. The van der Waals surface area contributed by atoms with E-state index >= 15 is 0 Å². The molecule has 0 aromatic carbocycles. The molecule has 4 rings (SSSR count). The highest BCUT2D eigenvalue weighted by atomic mass is 19.4. The van der Waals surface area contributed by atoms with Gasteiger partial charge in [-0.3, -0.25) is 0 Å². The lowest BCUT2D eigenvalue weighted by molar-refractivity contribution is -0.214.